The number of anilines is 1. The molecule has 1 spiro atoms. The van der Waals surface area contributed by atoms with E-state index in [1.54, 1.807) is 0 Å². The highest BCUT2D eigenvalue weighted by atomic mass is 19.2. The lowest BCUT2D eigenvalue weighted by molar-refractivity contribution is -0.125. The van der Waals surface area contributed by atoms with Gasteiger partial charge in [-0.3, -0.25) is 9.59 Å². The van der Waals surface area contributed by atoms with Gasteiger partial charge in [0.05, 0.1) is 6.67 Å². The van der Waals surface area contributed by atoms with E-state index < -0.39 is 23.0 Å². The zero-order valence-electron chi connectivity index (χ0n) is 17.7. The van der Waals surface area contributed by atoms with Gasteiger partial charge >= 0.3 is 0 Å². The molecular formula is C23H25F3N4O2. The molecule has 2 fully saturated rings. The summed E-state index contributed by atoms with van der Waals surface area (Å²) >= 11 is 0. The van der Waals surface area contributed by atoms with E-state index in [1.807, 2.05) is 11.8 Å². The smallest absolute Gasteiger partial charge is 0.251 e. The molecule has 4 rings (SSSR count). The van der Waals surface area contributed by atoms with Gasteiger partial charge < -0.3 is 20.4 Å². The van der Waals surface area contributed by atoms with Crippen LogP contribution in [-0.4, -0.2) is 54.6 Å². The number of amides is 2. The van der Waals surface area contributed by atoms with Crippen LogP contribution in [0.5, 0.6) is 0 Å². The van der Waals surface area contributed by atoms with Crippen molar-refractivity contribution in [1.29, 1.82) is 0 Å². The predicted molar refractivity (Wildman–Crippen MR) is 114 cm³/mol. The van der Waals surface area contributed by atoms with Gasteiger partial charge in [-0.05, 0) is 56.2 Å². The molecule has 6 nitrogen and oxygen atoms in total. The first-order chi connectivity index (χ1) is 15.3. The fraction of sp³-hybridized carbons (Fsp3) is 0.391. The first-order valence-corrected chi connectivity index (χ1v) is 10.6. The molecule has 9 heteroatoms. The molecule has 2 aliphatic rings. The van der Waals surface area contributed by atoms with Gasteiger partial charge in [-0.2, -0.15) is 0 Å². The second-order valence-electron chi connectivity index (χ2n) is 8.40. The Bertz CT molecular complexity index is 1010. The maximum atomic E-state index is 13.8. The molecule has 32 heavy (non-hydrogen) atoms. The van der Waals surface area contributed by atoms with Crippen molar-refractivity contribution >= 4 is 17.5 Å². The number of benzene rings is 2. The SMILES string of the molecule is C[C@@H](CN1CCC2(CC1)C(=O)NCN2c1ccc(F)c(F)c1)NC(=O)c1ccc(F)cc1. The molecule has 0 aromatic heterocycles. The van der Waals surface area contributed by atoms with Gasteiger partial charge in [0.15, 0.2) is 11.6 Å². The molecule has 2 amide bonds. The molecule has 170 valence electrons. The van der Waals surface area contributed by atoms with Crippen LogP contribution in [-0.2, 0) is 4.79 Å². The number of nitrogens with one attached hydrogen (secondary N) is 2. The van der Waals surface area contributed by atoms with Crippen LogP contribution in [0.3, 0.4) is 0 Å². The summed E-state index contributed by atoms with van der Waals surface area (Å²) < 4.78 is 40.2. The molecule has 1 atom stereocenters. The minimum atomic E-state index is -0.944. The van der Waals surface area contributed by atoms with E-state index in [2.05, 4.69) is 15.5 Å². The number of likely N-dealkylation sites (tertiary alicyclic amines) is 1. The zero-order chi connectivity index (χ0) is 22.9. The van der Waals surface area contributed by atoms with Crippen LogP contribution in [0.15, 0.2) is 42.5 Å². The van der Waals surface area contributed by atoms with Gasteiger partial charge in [0.2, 0.25) is 5.91 Å². The number of hydrogen-bond donors (Lipinski definition) is 2. The molecule has 2 aromatic carbocycles. The third-order valence-electron chi connectivity index (χ3n) is 6.25. The third kappa shape index (κ3) is 4.29. The molecule has 2 heterocycles. The molecule has 0 aliphatic carbocycles. The van der Waals surface area contributed by atoms with Crippen LogP contribution in [0.2, 0.25) is 0 Å². The molecular weight excluding hydrogens is 421 g/mol. The van der Waals surface area contributed by atoms with Gasteiger partial charge in [0.1, 0.15) is 11.4 Å². The quantitative estimate of drug-likeness (QED) is 0.741. The van der Waals surface area contributed by atoms with Gasteiger partial charge in [-0.25, -0.2) is 13.2 Å². The molecule has 2 aliphatic heterocycles. The number of halogens is 3. The molecule has 0 bridgehead atoms. The van der Waals surface area contributed by atoms with Crippen LogP contribution in [0, 0.1) is 17.5 Å². The fourth-order valence-electron chi connectivity index (χ4n) is 4.52. The second kappa shape index (κ2) is 8.82. The lowest BCUT2D eigenvalue weighted by Crippen LogP contribution is -2.57. The number of hydrogen-bond acceptors (Lipinski definition) is 4. The van der Waals surface area contributed by atoms with E-state index in [0.29, 0.717) is 43.7 Å². The molecule has 0 unspecified atom stereocenters. The second-order valence-corrected chi connectivity index (χ2v) is 8.40. The summed E-state index contributed by atoms with van der Waals surface area (Å²) in [5.74, 6) is -2.65. The highest BCUT2D eigenvalue weighted by molar-refractivity contribution is 5.94. The third-order valence-corrected chi connectivity index (χ3v) is 6.25. The Balaban J connectivity index is 1.37. The van der Waals surface area contributed by atoms with E-state index >= 15 is 0 Å². The predicted octanol–water partition coefficient (Wildman–Crippen LogP) is 2.65. The first-order valence-electron chi connectivity index (χ1n) is 10.6. The summed E-state index contributed by atoms with van der Waals surface area (Å²) in [5.41, 5.74) is 0.0535. The van der Waals surface area contributed by atoms with E-state index in [0.717, 1.165) is 12.1 Å². The Labute approximate surface area is 184 Å². The van der Waals surface area contributed by atoms with Crippen molar-refractivity contribution in [3.63, 3.8) is 0 Å². The van der Waals surface area contributed by atoms with Crippen molar-refractivity contribution in [1.82, 2.24) is 15.5 Å². The minimum absolute atomic E-state index is 0.112. The number of piperidine rings is 1. The highest BCUT2D eigenvalue weighted by Crippen LogP contribution is 2.36. The molecule has 0 radical (unpaired) electrons. The topological polar surface area (TPSA) is 64.7 Å². The van der Waals surface area contributed by atoms with Crippen molar-refractivity contribution in [3.8, 4) is 0 Å². The largest absolute Gasteiger partial charge is 0.348 e. The fourth-order valence-corrected chi connectivity index (χ4v) is 4.52. The lowest BCUT2D eigenvalue weighted by Gasteiger charge is -2.43. The summed E-state index contributed by atoms with van der Waals surface area (Å²) in [4.78, 5) is 29.0. The normalized spacial score (nSPS) is 19.1. The number of nitrogens with zero attached hydrogens (tertiary/aromatic N) is 2. The lowest BCUT2D eigenvalue weighted by atomic mass is 9.85. The van der Waals surface area contributed by atoms with Crippen LogP contribution in [0.1, 0.15) is 30.1 Å². The molecule has 2 aromatic rings. The van der Waals surface area contributed by atoms with Crippen molar-refractivity contribution in [2.45, 2.75) is 31.3 Å². The number of carbonyl (C=O) groups excluding carboxylic acids is 2. The standard InChI is InChI=1S/C23H25F3N4O2/c1-15(28-21(31)16-2-4-17(24)5-3-16)13-29-10-8-23(9-11-29)22(32)27-14-30(23)18-6-7-19(25)20(26)12-18/h2-7,12,15H,8-11,13-14H2,1H3,(H,27,32)(H,28,31)/t15-/m0/s1. The van der Waals surface area contributed by atoms with Crippen molar-refractivity contribution in [2.75, 3.05) is 31.2 Å². The Morgan fingerprint density at radius 2 is 1.78 bits per heavy atom. The van der Waals surface area contributed by atoms with E-state index in [4.69, 9.17) is 0 Å². The minimum Gasteiger partial charge on any atom is -0.348 e. The molecule has 2 saturated heterocycles. The van der Waals surface area contributed by atoms with Gasteiger partial charge in [-0.15, -0.1) is 0 Å². The maximum Gasteiger partial charge on any atom is 0.251 e. The molecule has 2 N–H and O–H groups in total. The number of rotatable bonds is 5. The van der Waals surface area contributed by atoms with E-state index in [1.165, 1.54) is 30.3 Å². The summed E-state index contributed by atoms with van der Waals surface area (Å²) in [6, 6.07) is 8.89. The van der Waals surface area contributed by atoms with Gasteiger partial charge in [-0.1, -0.05) is 0 Å². The average Bonchev–Trinajstić information content (AvgIpc) is 3.08. The van der Waals surface area contributed by atoms with Crippen LogP contribution in [0.4, 0.5) is 18.9 Å². The summed E-state index contributed by atoms with van der Waals surface area (Å²) in [6.07, 6.45) is 1.05. The first kappa shape index (κ1) is 22.1. The zero-order valence-corrected chi connectivity index (χ0v) is 17.7. The van der Waals surface area contributed by atoms with Crippen molar-refractivity contribution < 1.29 is 22.8 Å². The Kier molecular flexibility index (Phi) is 6.10. The van der Waals surface area contributed by atoms with Crippen LogP contribution < -0.4 is 15.5 Å². The monoisotopic (exact) mass is 446 g/mol. The van der Waals surface area contributed by atoms with Gasteiger partial charge in [0.25, 0.3) is 5.91 Å². The van der Waals surface area contributed by atoms with Crippen molar-refractivity contribution in [3.05, 3.63) is 65.5 Å². The van der Waals surface area contributed by atoms with E-state index in [9.17, 15) is 22.8 Å². The summed E-state index contributed by atoms with van der Waals surface area (Å²) in [6.45, 7) is 3.96. The Hall–Kier alpha value is -3.07. The highest BCUT2D eigenvalue weighted by Gasteiger charge is 2.50. The summed E-state index contributed by atoms with van der Waals surface area (Å²) in [5, 5.41) is 5.74. The summed E-state index contributed by atoms with van der Waals surface area (Å²) in [7, 11) is 0. The van der Waals surface area contributed by atoms with E-state index in [-0.39, 0.29) is 24.5 Å². The molecule has 0 saturated carbocycles. The van der Waals surface area contributed by atoms with Gasteiger partial charge in [0, 0.05) is 43.0 Å². The Morgan fingerprint density at radius 3 is 2.44 bits per heavy atom. The maximum absolute atomic E-state index is 13.8. The average molecular weight is 446 g/mol. The Morgan fingerprint density at radius 1 is 1.09 bits per heavy atom. The van der Waals surface area contributed by atoms with Crippen LogP contribution in [0.25, 0.3) is 0 Å². The number of carbonyl (C=O) groups is 2. The van der Waals surface area contributed by atoms with Crippen LogP contribution >= 0.6 is 0 Å². The van der Waals surface area contributed by atoms with Crippen molar-refractivity contribution in [2.24, 2.45) is 0 Å².